The van der Waals surface area contributed by atoms with Crippen molar-refractivity contribution in [2.75, 3.05) is 11.9 Å². The highest BCUT2D eigenvalue weighted by molar-refractivity contribution is 7.16. The molecule has 0 aromatic carbocycles. The topological polar surface area (TPSA) is 133 Å². The average molecular weight is 386 g/mol. The van der Waals surface area contributed by atoms with Gasteiger partial charge in [-0.2, -0.15) is 4.98 Å². The maximum absolute atomic E-state index is 12.3. The van der Waals surface area contributed by atoms with Gasteiger partial charge >= 0.3 is 17.8 Å². The van der Waals surface area contributed by atoms with Crippen LogP contribution >= 0.6 is 11.3 Å². The van der Waals surface area contributed by atoms with Gasteiger partial charge in [0, 0.05) is 17.3 Å². The van der Waals surface area contributed by atoms with Crippen LogP contribution in [0, 0.1) is 0 Å². The second-order valence-corrected chi connectivity index (χ2v) is 6.72. The zero-order valence-corrected chi connectivity index (χ0v) is 15.0. The molecule has 11 heteroatoms. The third kappa shape index (κ3) is 3.40. The van der Waals surface area contributed by atoms with Crippen molar-refractivity contribution in [3.63, 3.8) is 0 Å². The smallest absolute Gasteiger partial charge is 0.316 e. The molecule has 1 aliphatic rings. The Morgan fingerprint density at radius 3 is 3.04 bits per heavy atom. The van der Waals surface area contributed by atoms with E-state index < -0.39 is 5.91 Å². The molecule has 1 amide bonds. The number of esters is 1. The Kier molecular flexibility index (Phi) is 4.59. The monoisotopic (exact) mass is 386 g/mol. The van der Waals surface area contributed by atoms with E-state index in [9.17, 15) is 9.59 Å². The van der Waals surface area contributed by atoms with Gasteiger partial charge in [0.05, 0.1) is 18.5 Å². The molecule has 1 atom stereocenters. The number of carbonyl (C=O) groups is 2. The van der Waals surface area contributed by atoms with Crippen LogP contribution in [0.25, 0.3) is 11.5 Å². The van der Waals surface area contributed by atoms with Crippen molar-refractivity contribution in [1.82, 2.24) is 25.1 Å². The molecular formula is C16H14N6O4S. The highest BCUT2D eigenvalue weighted by Gasteiger charge is 2.34. The van der Waals surface area contributed by atoms with Gasteiger partial charge in [0.2, 0.25) is 5.82 Å². The van der Waals surface area contributed by atoms with Crippen LogP contribution in [0.1, 0.15) is 40.5 Å². The van der Waals surface area contributed by atoms with E-state index in [1.165, 1.54) is 29.9 Å². The second-order valence-electron chi connectivity index (χ2n) is 5.64. The van der Waals surface area contributed by atoms with Gasteiger partial charge in [0.15, 0.2) is 5.13 Å². The van der Waals surface area contributed by atoms with E-state index in [4.69, 9.17) is 9.26 Å². The number of nitrogens with zero attached hydrogens (tertiary/aromatic N) is 5. The minimum atomic E-state index is -0.585. The van der Waals surface area contributed by atoms with Gasteiger partial charge in [-0.25, -0.2) is 9.97 Å². The number of hydrogen-bond acceptors (Lipinski definition) is 10. The maximum atomic E-state index is 12.3. The maximum Gasteiger partial charge on any atom is 0.316 e. The Morgan fingerprint density at radius 1 is 1.37 bits per heavy atom. The number of carbonyl (C=O) groups excluding carboxylic acids is 2. The quantitative estimate of drug-likeness (QED) is 0.652. The third-order valence-corrected chi connectivity index (χ3v) is 4.97. The van der Waals surface area contributed by atoms with Crippen LogP contribution in [0.15, 0.2) is 23.1 Å². The van der Waals surface area contributed by atoms with Gasteiger partial charge in [-0.3, -0.25) is 19.9 Å². The van der Waals surface area contributed by atoms with Crippen LogP contribution < -0.4 is 5.32 Å². The zero-order valence-electron chi connectivity index (χ0n) is 14.2. The number of amides is 1. The molecule has 1 unspecified atom stereocenters. The molecule has 1 N–H and O–H groups in total. The predicted molar refractivity (Wildman–Crippen MR) is 93.1 cm³/mol. The van der Waals surface area contributed by atoms with Crippen LogP contribution in [0.3, 0.4) is 0 Å². The molecule has 10 nitrogen and oxygen atoms in total. The zero-order chi connectivity index (χ0) is 18.8. The fraction of sp³-hybridized carbons (Fsp3) is 0.312. The Bertz CT molecular complexity index is 986. The summed E-state index contributed by atoms with van der Waals surface area (Å²) in [5.41, 5.74) is 1.06. The average Bonchev–Trinajstić information content (AvgIpc) is 3.38. The van der Waals surface area contributed by atoms with Crippen molar-refractivity contribution >= 4 is 28.3 Å². The molecule has 0 aliphatic heterocycles. The number of thiazole rings is 1. The number of anilines is 1. The highest BCUT2D eigenvalue weighted by Crippen LogP contribution is 2.39. The fourth-order valence-electron chi connectivity index (χ4n) is 2.74. The number of aromatic nitrogens is 5. The van der Waals surface area contributed by atoms with Crippen molar-refractivity contribution < 1.29 is 18.8 Å². The summed E-state index contributed by atoms with van der Waals surface area (Å²) in [6.07, 6.45) is 5.87. The van der Waals surface area contributed by atoms with Crippen LogP contribution in [0.5, 0.6) is 0 Å². The molecule has 3 heterocycles. The number of rotatable bonds is 5. The summed E-state index contributed by atoms with van der Waals surface area (Å²) in [5.74, 6) is -1.30. The summed E-state index contributed by atoms with van der Waals surface area (Å²) < 4.78 is 10.1. The first-order valence-corrected chi connectivity index (χ1v) is 9.05. The molecule has 1 aliphatic carbocycles. The molecule has 0 bridgehead atoms. The third-order valence-electron chi connectivity index (χ3n) is 3.92. The largest absolute Gasteiger partial charge is 0.465 e. The van der Waals surface area contributed by atoms with Crippen LogP contribution in [-0.2, 0) is 16.0 Å². The molecule has 0 radical (unpaired) electrons. The van der Waals surface area contributed by atoms with Crippen LogP contribution in [0.4, 0.5) is 5.13 Å². The van der Waals surface area contributed by atoms with E-state index in [1.54, 1.807) is 6.92 Å². The molecule has 27 heavy (non-hydrogen) atoms. The molecule has 4 rings (SSSR count). The Balaban J connectivity index is 1.48. The lowest BCUT2D eigenvalue weighted by atomic mass is 10.1. The first-order valence-electron chi connectivity index (χ1n) is 8.23. The Labute approximate surface area is 157 Å². The normalized spacial score (nSPS) is 15.4. The first-order chi connectivity index (χ1) is 13.2. The lowest BCUT2D eigenvalue weighted by Crippen LogP contribution is -2.15. The van der Waals surface area contributed by atoms with Crippen LogP contribution in [-0.4, -0.2) is 43.6 Å². The van der Waals surface area contributed by atoms with Gasteiger partial charge in [-0.15, -0.1) is 11.3 Å². The van der Waals surface area contributed by atoms with E-state index in [0.717, 1.165) is 11.3 Å². The summed E-state index contributed by atoms with van der Waals surface area (Å²) >= 11 is 1.32. The Hall–Kier alpha value is -3.21. The first kappa shape index (κ1) is 17.2. The summed E-state index contributed by atoms with van der Waals surface area (Å²) in [4.78, 5) is 41.7. The summed E-state index contributed by atoms with van der Waals surface area (Å²) in [6, 6.07) is 0. The lowest BCUT2D eigenvalue weighted by Gasteiger charge is -2.07. The lowest BCUT2D eigenvalue weighted by molar-refractivity contribution is -0.145. The molecular weight excluding hydrogens is 372 g/mol. The molecule has 0 saturated carbocycles. The molecule has 0 spiro atoms. The fourth-order valence-corrected chi connectivity index (χ4v) is 3.77. The second kappa shape index (κ2) is 7.19. The van der Waals surface area contributed by atoms with Crippen molar-refractivity contribution in [3.8, 4) is 11.5 Å². The van der Waals surface area contributed by atoms with Crippen LogP contribution in [0.2, 0.25) is 0 Å². The van der Waals surface area contributed by atoms with Crippen molar-refractivity contribution in [3.05, 3.63) is 35.1 Å². The highest BCUT2D eigenvalue weighted by atomic mass is 32.1. The van der Waals surface area contributed by atoms with Gasteiger partial charge in [-0.05, 0) is 19.8 Å². The predicted octanol–water partition coefficient (Wildman–Crippen LogP) is 1.83. The number of hydrogen-bond donors (Lipinski definition) is 1. The molecule has 3 aromatic rings. The van der Waals surface area contributed by atoms with E-state index >= 15 is 0 Å². The number of fused-ring (bicyclic) bond motifs is 1. The molecule has 0 saturated heterocycles. The van der Waals surface area contributed by atoms with Gasteiger partial charge in [0.1, 0.15) is 11.6 Å². The van der Waals surface area contributed by atoms with E-state index in [1.807, 2.05) is 0 Å². The minimum Gasteiger partial charge on any atom is -0.465 e. The van der Waals surface area contributed by atoms with E-state index in [2.05, 4.69) is 30.4 Å². The molecule has 0 fully saturated rings. The summed E-state index contributed by atoms with van der Waals surface area (Å²) in [6.45, 7) is 2.09. The van der Waals surface area contributed by atoms with Crippen molar-refractivity contribution in [2.45, 2.75) is 25.7 Å². The van der Waals surface area contributed by atoms with Gasteiger partial charge in [0.25, 0.3) is 0 Å². The summed E-state index contributed by atoms with van der Waals surface area (Å²) in [5, 5.41) is 6.73. The van der Waals surface area contributed by atoms with Gasteiger partial charge < -0.3 is 9.26 Å². The number of ether oxygens (including phenoxy) is 1. The SMILES string of the molecule is CCOC(=O)C1CCc2sc(NC(=O)c3nc(-c4cnccn4)no3)nc21. The molecule has 138 valence electrons. The summed E-state index contributed by atoms with van der Waals surface area (Å²) in [7, 11) is 0. The molecule has 3 aromatic heterocycles. The van der Waals surface area contributed by atoms with Crippen molar-refractivity contribution in [1.29, 1.82) is 0 Å². The van der Waals surface area contributed by atoms with Crippen molar-refractivity contribution in [2.24, 2.45) is 0 Å². The van der Waals surface area contributed by atoms with Gasteiger partial charge in [-0.1, -0.05) is 5.16 Å². The standard InChI is InChI=1S/C16H14N6O4S/c1-2-25-15(24)8-3-4-10-11(8)19-16(27-10)21-13(23)14-20-12(22-26-14)9-7-17-5-6-18-9/h5-8H,2-4H2,1H3,(H,19,21,23). The number of nitrogens with one attached hydrogen (secondary N) is 1. The minimum absolute atomic E-state index is 0.164. The Morgan fingerprint density at radius 2 is 2.26 bits per heavy atom. The van der Waals surface area contributed by atoms with E-state index in [0.29, 0.717) is 29.5 Å². The number of aryl methyl sites for hydroxylation is 1. The van der Waals surface area contributed by atoms with E-state index in [-0.39, 0.29) is 23.6 Å².